The van der Waals surface area contributed by atoms with E-state index in [9.17, 15) is 0 Å². The number of hydrogen-bond acceptors (Lipinski definition) is 7. The van der Waals surface area contributed by atoms with Crippen LogP contribution in [0.15, 0.2) is 36.8 Å². The van der Waals surface area contributed by atoms with Crippen molar-refractivity contribution >= 4 is 17.5 Å². The zero-order valence-corrected chi connectivity index (χ0v) is 12.2. The first kappa shape index (κ1) is 13.8. The summed E-state index contributed by atoms with van der Waals surface area (Å²) in [5, 5.41) is 7.20. The Kier molecular flexibility index (Phi) is 3.57. The zero-order chi connectivity index (χ0) is 15.5. The second-order valence-corrected chi connectivity index (χ2v) is 4.52. The van der Waals surface area contributed by atoms with Crippen LogP contribution in [0.4, 0.5) is 17.5 Å². The van der Waals surface area contributed by atoms with E-state index in [1.54, 1.807) is 49.6 Å². The van der Waals surface area contributed by atoms with Gasteiger partial charge in [0.1, 0.15) is 11.5 Å². The predicted octanol–water partition coefficient (Wildman–Crippen LogP) is 1.61. The number of rotatable bonds is 4. The summed E-state index contributed by atoms with van der Waals surface area (Å²) in [7, 11) is 3.33. The summed E-state index contributed by atoms with van der Waals surface area (Å²) in [6.45, 7) is 0. The van der Waals surface area contributed by atoms with Crippen molar-refractivity contribution in [3.8, 4) is 17.1 Å². The van der Waals surface area contributed by atoms with Crippen LogP contribution in [0.3, 0.4) is 0 Å². The Morgan fingerprint density at radius 3 is 2.82 bits per heavy atom. The van der Waals surface area contributed by atoms with Crippen LogP contribution >= 0.6 is 0 Å². The van der Waals surface area contributed by atoms with Gasteiger partial charge in [0.2, 0.25) is 11.8 Å². The number of nitrogens with two attached hydrogens (primary N) is 1. The van der Waals surface area contributed by atoms with Crippen molar-refractivity contribution in [2.45, 2.75) is 0 Å². The van der Waals surface area contributed by atoms with Crippen LogP contribution < -0.4 is 15.8 Å². The van der Waals surface area contributed by atoms with Crippen molar-refractivity contribution in [2.75, 3.05) is 18.2 Å². The van der Waals surface area contributed by atoms with E-state index >= 15 is 0 Å². The lowest BCUT2D eigenvalue weighted by Gasteiger charge is -2.09. The molecule has 0 fully saturated rings. The second-order valence-electron chi connectivity index (χ2n) is 4.52. The minimum absolute atomic E-state index is 0.423. The molecule has 0 bridgehead atoms. The fourth-order valence-electron chi connectivity index (χ4n) is 1.98. The Labute approximate surface area is 127 Å². The van der Waals surface area contributed by atoms with Crippen LogP contribution in [0.1, 0.15) is 0 Å². The largest absolute Gasteiger partial charge is 0.480 e. The van der Waals surface area contributed by atoms with Gasteiger partial charge in [-0.1, -0.05) is 0 Å². The SMILES string of the molecule is COc1ncccc1Nc1nccc(-c2cnn(C)c2N)n1. The Hall–Kier alpha value is -3.16. The number of anilines is 3. The van der Waals surface area contributed by atoms with Gasteiger partial charge in [-0.25, -0.2) is 15.0 Å². The van der Waals surface area contributed by atoms with Crippen LogP contribution in [-0.4, -0.2) is 31.8 Å². The van der Waals surface area contributed by atoms with E-state index in [2.05, 4.69) is 25.4 Å². The third-order valence-corrected chi connectivity index (χ3v) is 3.13. The van der Waals surface area contributed by atoms with Crippen molar-refractivity contribution in [1.82, 2.24) is 24.7 Å². The first-order valence-corrected chi connectivity index (χ1v) is 6.56. The first-order valence-electron chi connectivity index (χ1n) is 6.56. The molecule has 3 aromatic heterocycles. The van der Waals surface area contributed by atoms with Gasteiger partial charge < -0.3 is 15.8 Å². The molecule has 3 aromatic rings. The Morgan fingerprint density at radius 1 is 1.23 bits per heavy atom. The summed E-state index contributed by atoms with van der Waals surface area (Å²) in [6, 6.07) is 5.41. The molecule has 22 heavy (non-hydrogen) atoms. The molecule has 0 aliphatic rings. The molecule has 0 amide bonds. The quantitative estimate of drug-likeness (QED) is 0.753. The lowest BCUT2D eigenvalue weighted by molar-refractivity contribution is 0.400. The molecule has 3 heterocycles. The molecule has 0 spiro atoms. The van der Waals surface area contributed by atoms with Gasteiger partial charge >= 0.3 is 0 Å². The highest BCUT2D eigenvalue weighted by atomic mass is 16.5. The molecule has 0 atom stereocenters. The fraction of sp³-hybridized carbons (Fsp3) is 0.143. The van der Waals surface area contributed by atoms with Gasteiger partial charge in [-0.15, -0.1) is 0 Å². The lowest BCUT2D eigenvalue weighted by atomic mass is 10.2. The van der Waals surface area contributed by atoms with Crippen LogP contribution in [0.2, 0.25) is 0 Å². The molecule has 0 saturated heterocycles. The molecule has 8 heteroatoms. The Bertz CT molecular complexity index is 799. The topological polar surface area (TPSA) is 104 Å². The van der Waals surface area contributed by atoms with E-state index in [0.29, 0.717) is 29.0 Å². The highest BCUT2D eigenvalue weighted by molar-refractivity contribution is 5.71. The van der Waals surface area contributed by atoms with Gasteiger partial charge in [-0.2, -0.15) is 5.10 Å². The van der Waals surface area contributed by atoms with E-state index in [1.165, 1.54) is 0 Å². The van der Waals surface area contributed by atoms with Gasteiger partial charge in [-0.3, -0.25) is 4.68 Å². The van der Waals surface area contributed by atoms with Gasteiger partial charge in [0.25, 0.3) is 0 Å². The Morgan fingerprint density at radius 2 is 2.09 bits per heavy atom. The average molecular weight is 297 g/mol. The molecule has 112 valence electrons. The molecular weight excluding hydrogens is 282 g/mol. The van der Waals surface area contributed by atoms with Crippen molar-refractivity contribution < 1.29 is 4.74 Å². The average Bonchev–Trinajstić information content (AvgIpc) is 2.88. The number of nitrogens with one attached hydrogen (secondary N) is 1. The smallest absolute Gasteiger partial charge is 0.237 e. The molecule has 8 nitrogen and oxygen atoms in total. The number of aromatic nitrogens is 5. The maximum Gasteiger partial charge on any atom is 0.237 e. The van der Waals surface area contributed by atoms with Crippen LogP contribution in [0.5, 0.6) is 5.88 Å². The van der Waals surface area contributed by atoms with E-state index in [4.69, 9.17) is 10.5 Å². The summed E-state index contributed by atoms with van der Waals surface area (Å²) in [6.07, 6.45) is 4.98. The van der Waals surface area contributed by atoms with E-state index < -0.39 is 0 Å². The number of aryl methyl sites for hydroxylation is 1. The number of nitrogen functional groups attached to an aromatic ring is 1. The maximum atomic E-state index is 5.97. The summed E-state index contributed by atoms with van der Waals surface area (Å²) in [5.74, 6) is 1.44. The molecule has 0 aromatic carbocycles. The van der Waals surface area contributed by atoms with Gasteiger partial charge in [-0.05, 0) is 18.2 Å². The summed E-state index contributed by atoms with van der Waals surface area (Å²) in [4.78, 5) is 12.8. The van der Waals surface area contributed by atoms with Crippen LogP contribution in [0.25, 0.3) is 11.3 Å². The van der Waals surface area contributed by atoms with Gasteiger partial charge in [0.05, 0.1) is 24.6 Å². The second kappa shape index (κ2) is 5.68. The van der Waals surface area contributed by atoms with Gasteiger partial charge in [0, 0.05) is 19.4 Å². The van der Waals surface area contributed by atoms with Gasteiger partial charge in [0.15, 0.2) is 0 Å². The predicted molar refractivity (Wildman–Crippen MR) is 82.7 cm³/mol. The van der Waals surface area contributed by atoms with Crippen molar-refractivity contribution in [3.63, 3.8) is 0 Å². The number of hydrogen-bond donors (Lipinski definition) is 2. The first-order chi connectivity index (χ1) is 10.7. The number of methoxy groups -OCH3 is 1. The molecular formula is C14H15N7O. The standard InChI is InChI=1S/C14H15N7O/c1-21-12(15)9(8-18-21)10-5-7-17-14(19-10)20-11-4-3-6-16-13(11)22-2/h3-8H,15H2,1-2H3,(H,17,19,20). The number of nitrogens with zero attached hydrogens (tertiary/aromatic N) is 5. The monoisotopic (exact) mass is 297 g/mol. The highest BCUT2D eigenvalue weighted by Gasteiger charge is 2.11. The van der Waals surface area contributed by atoms with Crippen LogP contribution in [-0.2, 0) is 7.05 Å². The maximum absolute atomic E-state index is 5.97. The number of ether oxygens (including phenoxy) is 1. The summed E-state index contributed by atoms with van der Waals surface area (Å²) in [5.41, 5.74) is 8.10. The van der Waals surface area contributed by atoms with E-state index in [1.807, 2.05) is 6.07 Å². The molecule has 3 N–H and O–H groups in total. The third kappa shape index (κ3) is 2.53. The molecule has 0 aliphatic heterocycles. The number of pyridine rings is 1. The van der Waals surface area contributed by atoms with Crippen LogP contribution in [0, 0.1) is 0 Å². The summed E-state index contributed by atoms with van der Waals surface area (Å²) < 4.78 is 6.78. The summed E-state index contributed by atoms with van der Waals surface area (Å²) >= 11 is 0. The van der Waals surface area contributed by atoms with Crippen molar-refractivity contribution in [1.29, 1.82) is 0 Å². The fourth-order valence-corrected chi connectivity index (χ4v) is 1.98. The highest BCUT2D eigenvalue weighted by Crippen LogP contribution is 2.26. The molecule has 0 aliphatic carbocycles. The molecule has 0 radical (unpaired) electrons. The van der Waals surface area contributed by atoms with Crippen molar-refractivity contribution in [2.24, 2.45) is 7.05 Å². The molecule has 3 rings (SSSR count). The zero-order valence-electron chi connectivity index (χ0n) is 12.2. The third-order valence-electron chi connectivity index (χ3n) is 3.13. The lowest BCUT2D eigenvalue weighted by Crippen LogP contribution is -2.02. The normalized spacial score (nSPS) is 10.5. The molecule has 0 saturated carbocycles. The molecule has 0 unspecified atom stereocenters. The van der Waals surface area contributed by atoms with E-state index in [-0.39, 0.29) is 0 Å². The Balaban J connectivity index is 1.93. The van der Waals surface area contributed by atoms with E-state index in [0.717, 1.165) is 5.56 Å². The van der Waals surface area contributed by atoms with Crippen molar-refractivity contribution in [3.05, 3.63) is 36.8 Å². The minimum atomic E-state index is 0.423. The minimum Gasteiger partial charge on any atom is -0.480 e.